The van der Waals surface area contributed by atoms with Crippen molar-refractivity contribution in [1.29, 1.82) is 0 Å². The highest BCUT2D eigenvalue weighted by Gasteiger charge is 2.22. The lowest BCUT2D eigenvalue weighted by molar-refractivity contribution is 0.560. The third-order valence-electron chi connectivity index (χ3n) is 3.61. The monoisotopic (exact) mass is 279 g/mol. The topological polar surface area (TPSA) is 12.0 Å². The van der Waals surface area contributed by atoms with Crippen molar-refractivity contribution in [1.82, 2.24) is 5.32 Å². The van der Waals surface area contributed by atoms with Gasteiger partial charge in [0.2, 0.25) is 0 Å². The summed E-state index contributed by atoms with van der Waals surface area (Å²) in [7, 11) is 1.78. The highest BCUT2D eigenvalue weighted by molar-refractivity contribution is 7.12. The predicted octanol–water partition coefficient (Wildman–Crippen LogP) is 3.82. The summed E-state index contributed by atoms with van der Waals surface area (Å²) in [5.74, 6) is -0.768. The highest BCUT2D eigenvalue weighted by atomic mass is 32.1. The van der Waals surface area contributed by atoms with Gasteiger partial charge in [-0.3, -0.25) is 0 Å². The van der Waals surface area contributed by atoms with E-state index in [2.05, 4.69) is 11.4 Å². The fourth-order valence-corrected chi connectivity index (χ4v) is 4.07. The first-order valence-electron chi connectivity index (χ1n) is 6.42. The second-order valence-corrected chi connectivity index (χ2v) is 6.01. The molecule has 2 aromatic rings. The van der Waals surface area contributed by atoms with Crippen molar-refractivity contribution in [2.45, 2.75) is 25.3 Å². The molecule has 0 fully saturated rings. The number of thiophene rings is 1. The van der Waals surface area contributed by atoms with Crippen LogP contribution in [-0.4, -0.2) is 7.05 Å². The summed E-state index contributed by atoms with van der Waals surface area (Å²) in [4.78, 5) is 2.46. The van der Waals surface area contributed by atoms with Crippen LogP contribution in [0.2, 0.25) is 0 Å². The van der Waals surface area contributed by atoms with Gasteiger partial charge >= 0.3 is 0 Å². The van der Waals surface area contributed by atoms with Gasteiger partial charge in [-0.2, -0.15) is 0 Å². The zero-order chi connectivity index (χ0) is 13.4. The fourth-order valence-electron chi connectivity index (χ4n) is 2.68. The third-order valence-corrected chi connectivity index (χ3v) is 4.91. The maximum Gasteiger partial charge on any atom is 0.128 e. The van der Waals surface area contributed by atoms with Gasteiger partial charge < -0.3 is 5.32 Å². The van der Waals surface area contributed by atoms with Crippen molar-refractivity contribution in [2.24, 2.45) is 0 Å². The van der Waals surface area contributed by atoms with Crippen molar-refractivity contribution in [3.05, 3.63) is 56.8 Å². The number of rotatable bonds is 3. The van der Waals surface area contributed by atoms with Crippen molar-refractivity contribution in [3.8, 4) is 0 Å². The molecule has 1 nitrogen and oxygen atoms in total. The first-order chi connectivity index (χ1) is 9.19. The average Bonchev–Trinajstić information content (AvgIpc) is 2.95. The number of benzene rings is 1. The Morgan fingerprint density at radius 2 is 2.05 bits per heavy atom. The van der Waals surface area contributed by atoms with E-state index < -0.39 is 5.82 Å². The molecule has 1 heterocycles. The van der Waals surface area contributed by atoms with Crippen molar-refractivity contribution in [2.75, 3.05) is 7.05 Å². The Morgan fingerprint density at radius 3 is 2.79 bits per heavy atom. The first kappa shape index (κ1) is 12.8. The fraction of sp³-hybridized carbons (Fsp3) is 0.333. The zero-order valence-corrected chi connectivity index (χ0v) is 11.5. The van der Waals surface area contributed by atoms with Crippen LogP contribution in [-0.2, 0) is 12.8 Å². The molecule has 1 unspecified atom stereocenters. The van der Waals surface area contributed by atoms with E-state index in [1.807, 2.05) is 0 Å². The smallest absolute Gasteiger partial charge is 0.128 e. The van der Waals surface area contributed by atoms with Crippen LogP contribution < -0.4 is 5.32 Å². The minimum Gasteiger partial charge on any atom is -0.309 e. The molecule has 1 aliphatic carbocycles. The van der Waals surface area contributed by atoms with E-state index in [4.69, 9.17) is 0 Å². The minimum absolute atomic E-state index is 0.272. The van der Waals surface area contributed by atoms with Gasteiger partial charge in [0, 0.05) is 15.3 Å². The van der Waals surface area contributed by atoms with E-state index in [0.717, 1.165) is 23.8 Å². The Bertz CT molecular complexity index is 585. The molecular formula is C15H15F2NS. The summed E-state index contributed by atoms with van der Waals surface area (Å²) >= 11 is 1.71. The van der Waals surface area contributed by atoms with Crippen LogP contribution in [0.25, 0.3) is 0 Å². The van der Waals surface area contributed by atoms with Gasteiger partial charge in [0.25, 0.3) is 0 Å². The first-order valence-corrected chi connectivity index (χ1v) is 7.24. The molecule has 100 valence electrons. The molecule has 0 bridgehead atoms. The third kappa shape index (κ3) is 2.30. The van der Waals surface area contributed by atoms with Gasteiger partial charge in [0.05, 0.1) is 6.04 Å². The van der Waals surface area contributed by atoms with Gasteiger partial charge in [-0.05, 0) is 56.1 Å². The lowest BCUT2D eigenvalue weighted by Gasteiger charge is -2.16. The summed E-state index contributed by atoms with van der Waals surface area (Å²) in [6.07, 6.45) is 3.43. The van der Waals surface area contributed by atoms with Gasteiger partial charge in [-0.25, -0.2) is 8.78 Å². The zero-order valence-electron chi connectivity index (χ0n) is 10.7. The standard InChI is InChI=1S/C15H15F2NS/c1-18-15(11-8-10(16)5-6-12(11)17)14-7-9-3-2-4-13(9)19-14/h5-8,15,18H,2-4H2,1H3. The van der Waals surface area contributed by atoms with Crippen molar-refractivity contribution >= 4 is 11.3 Å². The van der Waals surface area contributed by atoms with Crippen molar-refractivity contribution in [3.63, 3.8) is 0 Å². The SMILES string of the molecule is CNC(c1cc2c(s1)CCC2)c1cc(F)ccc1F. The van der Waals surface area contributed by atoms with Crippen LogP contribution in [0.15, 0.2) is 24.3 Å². The van der Waals surface area contributed by atoms with E-state index in [9.17, 15) is 8.78 Å². The molecule has 1 N–H and O–H groups in total. The summed E-state index contributed by atoms with van der Waals surface area (Å²) < 4.78 is 27.2. The molecule has 1 atom stereocenters. The Balaban J connectivity index is 2.01. The minimum atomic E-state index is -0.402. The summed E-state index contributed by atoms with van der Waals surface area (Å²) in [5, 5.41) is 3.10. The molecule has 0 saturated carbocycles. The number of halogens is 2. The molecule has 0 saturated heterocycles. The van der Waals surface area contributed by atoms with Crippen LogP contribution in [0.3, 0.4) is 0 Å². The molecule has 1 aromatic heterocycles. The largest absolute Gasteiger partial charge is 0.309 e. The van der Waals surface area contributed by atoms with Gasteiger partial charge in [0.15, 0.2) is 0 Å². The number of hydrogen-bond acceptors (Lipinski definition) is 2. The molecule has 4 heteroatoms. The van der Waals surface area contributed by atoms with Gasteiger partial charge in [0.1, 0.15) is 11.6 Å². The van der Waals surface area contributed by atoms with E-state index in [1.165, 1.54) is 29.0 Å². The van der Waals surface area contributed by atoms with E-state index >= 15 is 0 Å². The quantitative estimate of drug-likeness (QED) is 0.900. The number of nitrogens with one attached hydrogen (secondary N) is 1. The predicted molar refractivity (Wildman–Crippen MR) is 73.6 cm³/mol. The highest BCUT2D eigenvalue weighted by Crippen LogP contribution is 2.36. The van der Waals surface area contributed by atoms with Gasteiger partial charge in [-0.15, -0.1) is 11.3 Å². The van der Waals surface area contributed by atoms with E-state index in [1.54, 1.807) is 18.4 Å². The Kier molecular flexibility index (Phi) is 3.37. The number of fused-ring (bicyclic) bond motifs is 1. The maximum absolute atomic E-state index is 13.9. The second kappa shape index (κ2) is 5.02. The molecule has 0 aliphatic heterocycles. The van der Waals surface area contributed by atoms with E-state index in [0.29, 0.717) is 5.56 Å². The molecular weight excluding hydrogens is 264 g/mol. The number of aryl methyl sites for hydroxylation is 2. The summed E-state index contributed by atoms with van der Waals surface area (Å²) in [6, 6.07) is 5.49. The van der Waals surface area contributed by atoms with Crippen LogP contribution >= 0.6 is 11.3 Å². The number of hydrogen-bond donors (Lipinski definition) is 1. The van der Waals surface area contributed by atoms with Gasteiger partial charge in [-0.1, -0.05) is 0 Å². The van der Waals surface area contributed by atoms with Crippen LogP contribution in [0.4, 0.5) is 8.78 Å². The molecule has 0 amide bonds. The van der Waals surface area contributed by atoms with Crippen LogP contribution in [0.1, 0.15) is 33.3 Å². The molecule has 0 spiro atoms. The lowest BCUT2D eigenvalue weighted by atomic mass is 10.0. The Hall–Kier alpha value is -1.26. The Labute approximate surface area is 115 Å². The summed E-state index contributed by atoms with van der Waals surface area (Å²) in [5.41, 5.74) is 1.75. The molecule has 19 heavy (non-hydrogen) atoms. The van der Waals surface area contributed by atoms with Crippen LogP contribution in [0, 0.1) is 11.6 Å². The molecule has 0 radical (unpaired) electrons. The van der Waals surface area contributed by atoms with E-state index in [-0.39, 0.29) is 11.9 Å². The lowest BCUT2D eigenvalue weighted by Crippen LogP contribution is -2.18. The normalized spacial score (nSPS) is 15.5. The summed E-state index contributed by atoms with van der Waals surface area (Å²) in [6.45, 7) is 0. The molecule has 3 rings (SSSR count). The Morgan fingerprint density at radius 1 is 1.21 bits per heavy atom. The maximum atomic E-state index is 13.9. The second-order valence-electron chi connectivity index (χ2n) is 4.84. The molecule has 1 aromatic carbocycles. The van der Waals surface area contributed by atoms with Crippen molar-refractivity contribution < 1.29 is 8.78 Å². The molecule has 1 aliphatic rings. The average molecular weight is 279 g/mol. The van der Waals surface area contributed by atoms with Crippen LogP contribution in [0.5, 0.6) is 0 Å².